The summed E-state index contributed by atoms with van der Waals surface area (Å²) in [6, 6.07) is 4.47. The molecule has 1 heterocycles. The number of methoxy groups -OCH3 is 1. The van der Waals surface area contributed by atoms with Crippen molar-refractivity contribution in [1.82, 2.24) is 4.90 Å². The van der Waals surface area contributed by atoms with Crippen LogP contribution < -0.4 is 4.74 Å². The van der Waals surface area contributed by atoms with E-state index in [2.05, 4.69) is 0 Å². The average molecular weight is 258 g/mol. The molecule has 1 aromatic rings. The fourth-order valence-corrected chi connectivity index (χ4v) is 2.14. The Kier molecular flexibility index (Phi) is 3.80. The van der Waals surface area contributed by atoms with Crippen molar-refractivity contribution in [2.24, 2.45) is 0 Å². The Morgan fingerprint density at radius 1 is 1.39 bits per heavy atom. The minimum Gasteiger partial charge on any atom is -0.496 e. The molecule has 0 amide bonds. The van der Waals surface area contributed by atoms with Gasteiger partial charge in [-0.1, -0.05) is 6.07 Å². The lowest BCUT2D eigenvalue weighted by Crippen LogP contribution is -2.42. The molecule has 1 fully saturated rings. The van der Waals surface area contributed by atoms with E-state index in [1.807, 2.05) is 0 Å². The zero-order valence-electron chi connectivity index (χ0n) is 10.1. The third-order valence-electron chi connectivity index (χ3n) is 2.96. The first kappa shape index (κ1) is 13.2. The molecule has 2 nitrogen and oxygen atoms in total. The summed E-state index contributed by atoms with van der Waals surface area (Å²) in [6.07, 6.45) is 1.31. The lowest BCUT2D eigenvalue weighted by Gasteiger charge is -2.32. The van der Waals surface area contributed by atoms with E-state index in [9.17, 15) is 13.2 Å². The highest BCUT2D eigenvalue weighted by Gasteiger charge is 2.35. The highest BCUT2D eigenvalue weighted by molar-refractivity contribution is 5.34. The molecule has 1 aliphatic heterocycles. The van der Waals surface area contributed by atoms with Gasteiger partial charge in [0.25, 0.3) is 5.92 Å². The average Bonchev–Trinajstić information content (AvgIpc) is 2.30. The predicted octanol–water partition coefficient (Wildman–Crippen LogP) is 2.88. The summed E-state index contributed by atoms with van der Waals surface area (Å²) < 4.78 is 45.2. The lowest BCUT2D eigenvalue weighted by atomic mass is 10.1. The number of hydrogen-bond donors (Lipinski definition) is 0. The Balaban J connectivity index is 2.14. The molecule has 0 spiro atoms. The second-order valence-electron chi connectivity index (χ2n) is 4.44. The number of halogens is 3. The van der Waals surface area contributed by atoms with Crippen molar-refractivity contribution in [3.05, 3.63) is 36.0 Å². The Hall–Kier alpha value is -1.23. The number of ether oxygens (including phenoxy) is 1. The summed E-state index contributed by atoms with van der Waals surface area (Å²) >= 11 is 0. The second-order valence-corrected chi connectivity index (χ2v) is 4.44. The van der Waals surface area contributed by atoms with Crippen LogP contribution in [0.15, 0.2) is 18.2 Å². The van der Waals surface area contributed by atoms with Gasteiger partial charge in [-0.3, -0.25) is 4.90 Å². The van der Waals surface area contributed by atoms with Crippen molar-refractivity contribution in [1.29, 1.82) is 0 Å². The molecule has 0 atom stereocenters. The second kappa shape index (κ2) is 5.18. The van der Waals surface area contributed by atoms with Gasteiger partial charge in [0.05, 0.1) is 13.7 Å². The van der Waals surface area contributed by atoms with Gasteiger partial charge >= 0.3 is 0 Å². The van der Waals surface area contributed by atoms with E-state index in [1.165, 1.54) is 30.6 Å². The summed E-state index contributed by atoms with van der Waals surface area (Å²) in [6.45, 7) is 0.218. The number of likely N-dealkylation sites (tertiary alicyclic amines) is 1. The van der Waals surface area contributed by atoms with E-state index in [0.29, 0.717) is 17.9 Å². The van der Waals surface area contributed by atoms with Gasteiger partial charge in [0.15, 0.2) is 0 Å². The maximum Gasteiger partial charge on any atom is 0.260 e. The van der Waals surface area contributed by atoms with Crippen LogP contribution in [-0.4, -0.2) is 31.0 Å². The van der Waals surface area contributed by atoms with Crippen LogP contribution in [0.5, 0.6) is 5.75 Å². The van der Waals surface area contributed by atoms with E-state index in [0.717, 1.165) is 0 Å². The number of hydrogen-bond acceptors (Lipinski definition) is 2. The molecule has 0 aliphatic carbocycles. The molecule has 0 N–H and O–H groups in total. The number of rotatable bonds is 3. The SMILES string of the molecule is COc1cccc(F)c1CN1C[CH]CC(F)(F)C1. The highest BCUT2D eigenvalue weighted by Crippen LogP contribution is 2.29. The number of piperidine rings is 1. The van der Waals surface area contributed by atoms with E-state index >= 15 is 0 Å². The Bertz CT molecular complexity index is 423. The zero-order chi connectivity index (χ0) is 13.2. The third-order valence-corrected chi connectivity index (χ3v) is 2.96. The molecule has 1 radical (unpaired) electrons. The molecule has 0 bridgehead atoms. The molecule has 18 heavy (non-hydrogen) atoms. The van der Waals surface area contributed by atoms with Crippen LogP contribution in [-0.2, 0) is 6.54 Å². The molecule has 0 unspecified atom stereocenters. The topological polar surface area (TPSA) is 12.5 Å². The smallest absolute Gasteiger partial charge is 0.260 e. The van der Waals surface area contributed by atoms with Crippen molar-refractivity contribution in [3.8, 4) is 5.75 Å². The van der Waals surface area contributed by atoms with Gasteiger partial charge in [-0.25, -0.2) is 13.2 Å². The first-order valence-electron chi connectivity index (χ1n) is 5.75. The molecule has 2 rings (SSSR count). The minimum absolute atomic E-state index is 0.127. The molecular weight excluding hydrogens is 243 g/mol. The lowest BCUT2D eigenvalue weighted by molar-refractivity contribution is -0.0504. The fraction of sp³-hybridized carbons (Fsp3) is 0.462. The van der Waals surface area contributed by atoms with Gasteiger partial charge in [-0.2, -0.15) is 0 Å². The van der Waals surface area contributed by atoms with E-state index in [1.54, 1.807) is 6.07 Å². The van der Waals surface area contributed by atoms with Crippen LogP contribution in [0.4, 0.5) is 13.2 Å². The summed E-state index contributed by atoms with van der Waals surface area (Å²) in [5.74, 6) is -2.76. The van der Waals surface area contributed by atoms with Crippen molar-refractivity contribution in [3.63, 3.8) is 0 Å². The normalized spacial score (nSPS) is 19.8. The van der Waals surface area contributed by atoms with Gasteiger partial charge in [0, 0.05) is 25.1 Å². The van der Waals surface area contributed by atoms with Crippen LogP contribution >= 0.6 is 0 Å². The van der Waals surface area contributed by atoms with Gasteiger partial charge in [0.2, 0.25) is 0 Å². The number of alkyl halides is 2. The van der Waals surface area contributed by atoms with Crippen LogP contribution in [0, 0.1) is 12.2 Å². The summed E-state index contributed by atoms with van der Waals surface area (Å²) in [5, 5.41) is 0. The quantitative estimate of drug-likeness (QED) is 0.826. The zero-order valence-corrected chi connectivity index (χ0v) is 10.1. The summed E-state index contributed by atoms with van der Waals surface area (Å²) in [4.78, 5) is 1.52. The molecule has 0 saturated carbocycles. The van der Waals surface area contributed by atoms with Crippen LogP contribution in [0.3, 0.4) is 0 Å². The van der Waals surface area contributed by atoms with Crippen molar-refractivity contribution in [2.75, 3.05) is 20.2 Å². The predicted molar refractivity (Wildman–Crippen MR) is 62.1 cm³/mol. The van der Waals surface area contributed by atoms with Gasteiger partial charge in [0.1, 0.15) is 11.6 Å². The van der Waals surface area contributed by atoms with Crippen molar-refractivity contribution < 1.29 is 17.9 Å². The Morgan fingerprint density at radius 2 is 2.17 bits per heavy atom. The van der Waals surface area contributed by atoms with E-state index < -0.39 is 11.7 Å². The fourth-order valence-electron chi connectivity index (χ4n) is 2.14. The van der Waals surface area contributed by atoms with Crippen LogP contribution in [0.25, 0.3) is 0 Å². The van der Waals surface area contributed by atoms with Crippen LogP contribution in [0.1, 0.15) is 12.0 Å². The summed E-state index contributed by atoms with van der Waals surface area (Å²) in [5.41, 5.74) is 0.325. The third kappa shape index (κ3) is 2.96. The van der Waals surface area contributed by atoms with E-state index in [4.69, 9.17) is 4.74 Å². The first-order chi connectivity index (χ1) is 8.52. The van der Waals surface area contributed by atoms with Crippen molar-refractivity contribution in [2.45, 2.75) is 18.9 Å². The monoisotopic (exact) mass is 258 g/mol. The van der Waals surface area contributed by atoms with Gasteiger partial charge in [-0.05, 0) is 18.6 Å². The molecule has 1 aromatic carbocycles. The Morgan fingerprint density at radius 3 is 2.83 bits per heavy atom. The highest BCUT2D eigenvalue weighted by atomic mass is 19.3. The number of nitrogens with zero attached hydrogens (tertiary/aromatic N) is 1. The molecule has 5 heteroatoms. The van der Waals surface area contributed by atoms with Crippen molar-refractivity contribution >= 4 is 0 Å². The standard InChI is InChI=1S/C13H15F3NO/c1-18-12-5-2-4-11(14)10(12)8-17-7-3-6-13(15,16)9-17/h2-5H,6-9H2,1H3. The summed E-state index contributed by atoms with van der Waals surface area (Å²) in [7, 11) is 1.44. The maximum atomic E-state index is 13.7. The first-order valence-corrected chi connectivity index (χ1v) is 5.75. The molecule has 99 valence electrons. The minimum atomic E-state index is -2.73. The molecular formula is C13H15F3NO. The Labute approximate surface area is 104 Å². The molecule has 1 aliphatic rings. The van der Waals surface area contributed by atoms with Gasteiger partial charge < -0.3 is 4.74 Å². The van der Waals surface area contributed by atoms with E-state index in [-0.39, 0.29) is 19.5 Å². The van der Waals surface area contributed by atoms with Crippen LogP contribution in [0.2, 0.25) is 0 Å². The maximum absolute atomic E-state index is 13.7. The largest absolute Gasteiger partial charge is 0.496 e. The van der Waals surface area contributed by atoms with Gasteiger partial charge in [-0.15, -0.1) is 0 Å². The number of benzene rings is 1. The molecule has 0 aromatic heterocycles. The molecule has 1 saturated heterocycles.